The van der Waals surface area contributed by atoms with Gasteiger partial charge in [-0.2, -0.15) is 22.7 Å². The number of aryl methyl sites for hydroxylation is 1. The van der Waals surface area contributed by atoms with E-state index >= 15 is 0 Å². The Morgan fingerprint density at radius 1 is 1.39 bits per heavy atom. The summed E-state index contributed by atoms with van der Waals surface area (Å²) < 4.78 is 43.7. The topological polar surface area (TPSA) is 105 Å². The van der Waals surface area contributed by atoms with E-state index in [-0.39, 0.29) is 18.1 Å². The SMILES string of the molecule is Cc1cc(N(C)Cc2noc(=O)[nH]2)n2nc(C(F)(F)F)nc2n1. The molecule has 0 saturated carbocycles. The highest BCUT2D eigenvalue weighted by Gasteiger charge is 2.37. The Hall–Kier alpha value is -2.92. The van der Waals surface area contributed by atoms with E-state index in [0.717, 1.165) is 4.52 Å². The highest BCUT2D eigenvalue weighted by atomic mass is 19.4. The molecule has 12 heteroatoms. The molecule has 1 N–H and O–H groups in total. The summed E-state index contributed by atoms with van der Waals surface area (Å²) in [7, 11) is 1.59. The van der Waals surface area contributed by atoms with Crippen molar-refractivity contribution in [1.29, 1.82) is 0 Å². The molecule has 0 amide bonds. The van der Waals surface area contributed by atoms with Gasteiger partial charge < -0.3 is 4.90 Å². The van der Waals surface area contributed by atoms with Crippen LogP contribution in [0.1, 0.15) is 17.3 Å². The molecule has 0 spiro atoms. The molecule has 23 heavy (non-hydrogen) atoms. The molecule has 3 aromatic heterocycles. The van der Waals surface area contributed by atoms with E-state index in [2.05, 4.69) is 29.7 Å². The largest absolute Gasteiger partial charge is 0.453 e. The molecule has 0 aromatic carbocycles. The average Bonchev–Trinajstić information content (AvgIpc) is 3.03. The average molecular weight is 329 g/mol. The highest BCUT2D eigenvalue weighted by Crippen LogP contribution is 2.27. The summed E-state index contributed by atoms with van der Waals surface area (Å²) in [6.45, 7) is 1.71. The fourth-order valence-electron chi connectivity index (χ4n) is 1.99. The Balaban J connectivity index is 2.05. The second-order valence-corrected chi connectivity index (χ2v) is 4.80. The number of fused-ring (bicyclic) bond motifs is 1. The molecule has 0 saturated heterocycles. The van der Waals surface area contributed by atoms with Gasteiger partial charge >= 0.3 is 11.9 Å². The van der Waals surface area contributed by atoms with Crippen molar-refractivity contribution in [2.75, 3.05) is 11.9 Å². The van der Waals surface area contributed by atoms with Gasteiger partial charge in [-0.15, -0.1) is 5.10 Å². The Kier molecular flexibility index (Phi) is 3.30. The van der Waals surface area contributed by atoms with Crippen molar-refractivity contribution in [2.24, 2.45) is 0 Å². The molecule has 0 atom stereocenters. The third-order valence-electron chi connectivity index (χ3n) is 2.94. The van der Waals surface area contributed by atoms with Gasteiger partial charge in [0.15, 0.2) is 5.82 Å². The van der Waals surface area contributed by atoms with E-state index in [1.54, 1.807) is 20.0 Å². The van der Waals surface area contributed by atoms with Gasteiger partial charge in [-0.3, -0.25) is 9.51 Å². The van der Waals surface area contributed by atoms with Crippen LogP contribution in [0.15, 0.2) is 15.4 Å². The molecule has 0 bridgehead atoms. The summed E-state index contributed by atoms with van der Waals surface area (Å²) in [4.78, 5) is 22.1. The van der Waals surface area contributed by atoms with Crippen molar-refractivity contribution < 1.29 is 17.7 Å². The molecule has 0 aliphatic heterocycles. The van der Waals surface area contributed by atoms with Crippen molar-refractivity contribution in [2.45, 2.75) is 19.6 Å². The first-order chi connectivity index (χ1) is 10.7. The maximum absolute atomic E-state index is 12.8. The number of hydrogen-bond acceptors (Lipinski definition) is 7. The van der Waals surface area contributed by atoms with E-state index in [9.17, 15) is 18.0 Å². The van der Waals surface area contributed by atoms with Gasteiger partial charge in [0.2, 0.25) is 0 Å². The molecule has 3 heterocycles. The fraction of sp³-hybridized carbons (Fsp3) is 0.364. The van der Waals surface area contributed by atoms with Crippen molar-refractivity contribution >= 4 is 11.6 Å². The van der Waals surface area contributed by atoms with E-state index in [0.29, 0.717) is 11.5 Å². The quantitative estimate of drug-likeness (QED) is 0.756. The van der Waals surface area contributed by atoms with Crippen LogP contribution in [-0.2, 0) is 12.7 Å². The molecule has 122 valence electrons. The van der Waals surface area contributed by atoms with Crippen LogP contribution in [0.5, 0.6) is 0 Å². The number of aromatic amines is 1. The van der Waals surface area contributed by atoms with Crippen LogP contribution in [0.3, 0.4) is 0 Å². The first-order valence-electron chi connectivity index (χ1n) is 6.31. The number of rotatable bonds is 3. The molecular formula is C11H10F3N7O2. The van der Waals surface area contributed by atoms with Crippen molar-refractivity contribution in [3.63, 3.8) is 0 Å². The van der Waals surface area contributed by atoms with Gasteiger partial charge in [0.25, 0.3) is 11.6 Å². The monoisotopic (exact) mass is 329 g/mol. The number of hydrogen-bond donors (Lipinski definition) is 1. The third kappa shape index (κ3) is 2.86. The minimum Gasteiger partial charge on any atom is -0.352 e. The van der Waals surface area contributed by atoms with Crippen molar-refractivity contribution in [3.05, 3.63) is 34.0 Å². The van der Waals surface area contributed by atoms with Crippen LogP contribution < -0.4 is 10.7 Å². The van der Waals surface area contributed by atoms with Crippen LogP contribution in [0, 0.1) is 6.92 Å². The lowest BCUT2D eigenvalue weighted by atomic mass is 10.4. The zero-order chi connectivity index (χ0) is 16.8. The van der Waals surface area contributed by atoms with E-state index < -0.39 is 17.8 Å². The second kappa shape index (κ2) is 5.07. The van der Waals surface area contributed by atoms with Gasteiger partial charge in [-0.05, 0) is 6.92 Å². The minimum atomic E-state index is -4.67. The molecule has 0 aliphatic carbocycles. The van der Waals surface area contributed by atoms with Gasteiger partial charge in [-0.25, -0.2) is 9.78 Å². The summed E-state index contributed by atoms with van der Waals surface area (Å²) in [5, 5.41) is 6.96. The molecular weight excluding hydrogens is 319 g/mol. The van der Waals surface area contributed by atoms with Gasteiger partial charge in [-0.1, -0.05) is 5.16 Å². The van der Waals surface area contributed by atoms with E-state index in [1.807, 2.05) is 0 Å². The maximum atomic E-state index is 12.8. The minimum absolute atomic E-state index is 0.0888. The number of nitrogens with one attached hydrogen (secondary N) is 1. The van der Waals surface area contributed by atoms with Crippen molar-refractivity contribution in [1.82, 2.24) is 29.7 Å². The van der Waals surface area contributed by atoms with Crippen LogP contribution in [-0.4, -0.2) is 36.8 Å². The summed E-state index contributed by atoms with van der Waals surface area (Å²) in [6, 6.07) is 1.54. The Bertz CT molecular complexity index is 910. The summed E-state index contributed by atoms with van der Waals surface area (Å²) in [6.07, 6.45) is -4.67. The normalized spacial score (nSPS) is 12.0. The van der Waals surface area contributed by atoms with Crippen LogP contribution in [0.2, 0.25) is 0 Å². The predicted octanol–water partition coefficient (Wildman–Crippen LogP) is 0.764. The van der Waals surface area contributed by atoms with E-state index in [1.165, 1.54) is 4.90 Å². The first kappa shape index (κ1) is 15.0. The molecule has 3 rings (SSSR count). The lowest BCUT2D eigenvalue weighted by Crippen LogP contribution is -2.21. The maximum Gasteiger partial charge on any atom is 0.453 e. The molecule has 0 radical (unpaired) electrons. The lowest BCUT2D eigenvalue weighted by molar-refractivity contribution is -0.144. The van der Waals surface area contributed by atoms with Crippen LogP contribution in [0.25, 0.3) is 5.78 Å². The Labute approximate surface area is 125 Å². The number of aromatic nitrogens is 6. The van der Waals surface area contributed by atoms with E-state index in [4.69, 9.17) is 0 Å². The second-order valence-electron chi connectivity index (χ2n) is 4.80. The number of nitrogens with zero attached hydrogens (tertiary/aromatic N) is 6. The van der Waals surface area contributed by atoms with Gasteiger partial charge in [0.1, 0.15) is 5.82 Å². The molecule has 0 unspecified atom stereocenters. The van der Waals surface area contributed by atoms with Crippen molar-refractivity contribution in [3.8, 4) is 0 Å². The number of alkyl halides is 3. The van der Waals surface area contributed by atoms with Gasteiger partial charge in [0.05, 0.1) is 6.54 Å². The molecule has 3 aromatic rings. The van der Waals surface area contributed by atoms with Crippen LogP contribution >= 0.6 is 0 Å². The molecule has 0 fully saturated rings. The molecule has 9 nitrogen and oxygen atoms in total. The third-order valence-corrected chi connectivity index (χ3v) is 2.94. The first-order valence-corrected chi connectivity index (χ1v) is 6.31. The Morgan fingerprint density at radius 2 is 2.13 bits per heavy atom. The molecule has 0 aliphatic rings. The number of anilines is 1. The Morgan fingerprint density at radius 3 is 2.74 bits per heavy atom. The summed E-state index contributed by atoms with van der Waals surface area (Å²) in [5.41, 5.74) is 0.467. The number of halogens is 3. The summed E-state index contributed by atoms with van der Waals surface area (Å²) >= 11 is 0. The smallest absolute Gasteiger partial charge is 0.352 e. The fourth-order valence-corrected chi connectivity index (χ4v) is 1.99. The lowest BCUT2D eigenvalue weighted by Gasteiger charge is -2.18. The zero-order valence-electron chi connectivity index (χ0n) is 11.9. The number of H-pyrrole nitrogens is 1. The standard InChI is InChI=1S/C11H10F3N7O2/c1-5-3-7(20(2)4-6-16-10(22)23-19-6)21-9(15-5)17-8(18-21)11(12,13)14/h3H,4H2,1-2H3,(H,16,19,22). The van der Waals surface area contributed by atoms with Gasteiger partial charge in [0, 0.05) is 18.8 Å². The van der Waals surface area contributed by atoms with Crippen LogP contribution in [0.4, 0.5) is 19.0 Å². The summed E-state index contributed by atoms with van der Waals surface area (Å²) in [5.74, 6) is -1.65. The highest BCUT2D eigenvalue weighted by molar-refractivity contribution is 5.47. The zero-order valence-corrected chi connectivity index (χ0v) is 11.9. The predicted molar refractivity (Wildman–Crippen MR) is 69.8 cm³/mol.